The summed E-state index contributed by atoms with van der Waals surface area (Å²) in [5, 5.41) is 0. The van der Waals surface area contributed by atoms with E-state index in [1.165, 1.54) is 24.2 Å². The fourth-order valence-electron chi connectivity index (χ4n) is 3.14. The average molecular weight is 276 g/mol. The van der Waals surface area contributed by atoms with Crippen LogP contribution in [0.25, 0.3) is 0 Å². The Bertz CT molecular complexity index is 410. The van der Waals surface area contributed by atoms with Gasteiger partial charge in [0, 0.05) is 16.4 Å². The molecule has 1 aliphatic carbocycles. The zero-order valence-corrected chi connectivity index (χ0v) is 12.8. The smallest absolute Gasteiger partial charge is 0.166 e. The van der Waals surface area contributed by atoms with Crippen LogP contribution in [-0.4, -0.2) is 11.5 Å². The molecule has 2 rings (SSSR count). The maximum absolute atomic E-state index is 12.6. The van der Waals surface area contributed by atoms with Crippen molar-refractivity contribution in [2.24, 2.45) is 11.8 Å². The van der Waals surface area contributed by atoms with Crippen LogP contribution in [-0.2, 0) is 0 Å². The van der Waals surface area contributed by atoms with E-state index in [1.807, 2.05) is 23.9 Å². The summed E-state index contributed by atoms with van der Waals surface area (Å²) in [6.07, 6.45) is 5.98. The lowest BCUT2D eigenvalue weighted by molar-refractivity contribution is 0.0820. The Balaban J connectivity index is 2.09. The number of rotatable bonds is 5. The van der Waals surface area contributed by atoms with Crippen LogP contribution < -0.4 is 0 Å². The van der Waals surface area contributed by atoms with Gasteiger partial charge in [0.1, 0.15) is 0 Å². The monoisotopic (exact) mass is 276 g/mol. The Morgan fingerprint density at radius 2 is 1.84 bits per heavy atom. The molecule has 104 valence electrons. The zero-order chi connectivity index (χ0) is 13.7. The number of Topliss-reactive ketones (excluding diaryl/α,β-unsaturated/α-hetero) is 1. The fraction of sp³-hybridized carbons (Fsp3) is 0.588. The fourth-order valence-corrected chi connectivity index (χ4v) is 3.80. The highest BCUT2D eigenvalue weighted by Gasteiger charge is 2.30. The van der Waals surface area contributed by atoms with Crippen LogP contribution in [0, 0.1) is 11.8 Å². The van der Waals surface area contributed by atoms with E-state index >= 15 is 0 Å². The number of hydrogen-bond acceptors (Lipinski definition) is 2. The van der Waals surface area contributed by atoms with Crippen LogP contribution in [0.5, 0.6) is 0 Å². The quantitative estimate of drug-likeness (QED) is 0.543. The third-order valence-corrected chi connectivity index (χ3v) is 5.11. The van der Waals surface area contributed by atoms with Gasteiger partial charge in [-0.2, -0.15) is 0 Å². The number of ketones is 1. The summed E-state index contributed by atoms with van der Waals surface area (Å²) in [7, 11) is 0. The molecule has 0 aromatic heterocycles. The van der Waals surface area contributed by atoms with E-state index in [1.54, 1.807) is 0 Å². The molecule has 1 aromatic rings. The third kappa shape index (κ3) is 3.62. The molecule has 0 heterocycles. The first kappa shape index (κ1) is 14.6. The van der Waals surface area contributed by atoms with Crippen LogP contribution in [0.4, 0.5) is 0 Å². The first-order chi connectivity index (χ1) is 9.26. The van der Waals surface area contributed by atoms with Gasteiger partial charge >= 0.3 is 0 Å². The Hall–Kier alpha value is -0.760. The van der Waals surface area contributed by atoms with Crippen molar-refractivity contribution < 1.29 is 4.79 Å². The molecule has 0 N–H and O–H groups in total. The molecule has 1 fully saturated rings. The summed E-state index contributed by atoms with van der Waals surface area (Å²) in [6.45, 7) is 4.37. The number of thioether (sulfide) groups is 1. The molecule has 1 aromatic carbocycles. The topological polar surface area (TPSA) is 17.1 Å². The van der Waals surface area contributed by atoms with Crippen LogP contribution in [0.3, 0.4) is 0 Å². The maximum Gasteiger partial charge on any atom is 0.166 e. The minimum Gasteiger partial charge on any atom is -0.294 e. The van der Waals surface area contributed by atoms with Gasteiger partial charge in [0.15, 0.2) is 5.78 Å². The van der Waals surface area contributed by atoms with E-state index in [0.29, 0.717) is 11.7 Å². The van der Waals surface area contributed by atoms with E-state index in [9.17, 15) is 4.79 Å². The third-order valence-electron chi connectivity index (χ3n) is 4.22. The van der Waals surface area contributed by atoms with E-state index in [4.69, 9.17) is 0 Å². The first-order valence-corrected chi connectivity index (χ1v) is 8.51. The second kappa shape index (κ2) is 7.14. The normalized spacial score (nSPS) is 23.3. The first-order valence-electron chi connectivity index (χ1n) is 7.53. The Morgan fingerprint density at radius 1 is 1.16 bits per heavy atom. The lowest BCUT2D eigenvalue weighted by Gasteiger charge is -2.29. The molecule has 1 saturated carbocycles. The van der Waals surface area contributed by atoms with E-state index in [-0.39, 0.29) is 5.92 Å². The molecule has 0 radical (unpaired) electrons. The molecule has 19 heavy (non-hydrogen) atoms. The molecule has 2 unspecified atom stereocenters. The van der Waals surface area contributed by atoms with Gasteiger partial charge in [0.05, 0.1) is 0 Å². The summed E-state index contributed by atoms with van der Waals surface area (Å²) >= 11 is 1.83. The van der Waals surface area contributed by atoms with Crippen molar-refractivity contribution in [1.82, 2.24) is 0 Å². The van der Waals surface area contributed by atoms with Crippen molar-refractivity contribution in [2.75, 3.05) is 5.75 Å². The number of carbonyl (C=O) groups is 1. The van der Waals surface area contributed by atoms with Gasteiger partial charge in [0.2, 0.25) is 0 Å². The van der Waals surface area contributed by atoms with Crippen LogP contribution in [0.1, 0.15) is 56.3 Å². The van der Waals surface area contributed by atoms with E-state index < -0.39 is 0 Å². The molecule has 0 bridgehead atoms. The highest BCUT2D eigenvalue weighted by Crippen LogP contribution is 2.34. The van der Waals surface area contributed by atoms with Crippen LogP contribution in [0.2, 0.25) is 0 Å². The van der Waals surface area contributed by atoms with Crippen molar-refractivity contribution >= 4 is 17.5 Å². The Kier molecular flexibility index (Phi) is 5.50. The largest absolute Gasteiger partial charge is 0.294 e. The standard InChI is InChI=1S/C17H24OS/c1-3-13-7-5-6-8-16(13)17(18)14-9-11-15(12-10-14)19-4-2/h9-13,16H,3-8H2,1-2H3. The minimum atomic E-state index is 0.267. The molecular formula is C17H24OS. The molecule has 0 spiro atoms. The van der Waals surface area contributed by atoms with Gasteiger partial charge < -0.3 is 0 Å². The predicted octanol–water partition coefficient (Wildman–Crippen LogP) is 5.20. The average Bonchev–Trinajstić information content (AvgIpc) is 2.47. The van der Waals surface area contributed by atoms with Crippen molar-refractivity contribution in [2.45, 2.75) is 50.8 Å². The zero-order valence-electron chi connectivity index (χ0n) is 12.0. The molecular weight excluding hydrogens is 252 g/mol. The van der Waals surface area contributed by atoms with Crippen molar-refractivity contribution in [3.63, 3.8) is 0 Å². The summed E-state index contributed by atoms with van der Waals surface area (Å²) in [6, 6.07) is 8.21. The second-order valence-corrected chi connectivity index (χ2v) is 6.72. The minimum absolute atomic E-state index is 0.267. The molecule has 0 aliphatic heterocycles. The number of benzene rings is 1. The highest BCUT2D eigenvalue weighted by molar-refractivity contribution is 7.99. The van der Waals surface area contributed by atoms with Crippen molar-refractivity contribution in [3.05, 3.63) is 29.8 Å². The van der Waals surface area contributed by atoms with Gasteiger partial charge in [0.25, 0.3) is 0 Å². The lowest BCUT2D eigenvalue weighted by atomic mass is 9.74. The van der Waals surface area contributed by atoms with Crippen molar-refractivity contribution in [3.8, 4) is 0 Å². The molecule has 2 atom stereocenters. The maximum atomic E-state index is 12.6. The Labute approximate surface area is 121 Å². The van der Waals surface area contributed by atoms with Gasteiger partial charge in [-0.3, -0.25) is 4.79 Å². The van der Waals surface area contributed by atoms with Gasteiger partial charge in [-0.05, 0) is 36.6 Å². The summed E-state index contributed by atoms with van der Waals surface area (Å²) in [5.74, 6) is 2.32. The van der Waals surface area contributed by atoms with E-state index in [0.717, 1.165) is 24.2 Å². The van der Waals surface area contributed by atoms with Crippen LogP contribution in [0.15, 0.2) is 29.2 Å². The summed E-state index contributed by atoms with van der Waals surface area (Å²) in [5.41, 5.74) is 0.908. The highest BCUT2D eigenvalue weighted by atomic mass is 32.2. The van der Waals surface area contributed by atoms with Crippen LogP contribution >= 0.6 is 11.8 Å². The molecule has 1 nitrogen and oxygen atoms in total. The van der Waals surface area contributed by atoms with Crippen molar-refractivity contribution in [1.29, 1.82) is 0 Å². The number of hydrogen-bond donors (Lipinski definition) is 0. The Morgan fingerprint density at radius 3 is 2.47 bits per heavy atom. The molecule has 2 heteroatoms. The van der Waals surface area contributed by atoms with Gasteiger partial charge in [-0.1, -0.05) is 45.2 Å². The number of carbonyl (C=O) groups excluding carboxylic acids is 1. The van der Waals surface area contributed by atoms with Gasteiger partial charge in [-0.25, -0.2) is 0 Å². The summed E-state index contributed by atoms with van der Waals surface area (Å²) in [4.78, 5) is 13.9. The summed E-state index contributed by atoms with van der Waals surface area (Å²) < 4.78 is 0. The second-order valence-electron chi connectivity index (χ2n) is 5.38. The SMILES string of the molecule is CCSc1ccc(C(=O)C2CCCCC2CC)cc1. The lowest BCUT2D eigenvalue weighted by Crippen LogP contribution is -2.26. The van der Waals surface area contributed by atoms with E-state index in [2.05, 4.69) is 26.0 Å². The molecule has 0 saturated heterocycles. The molecule has 1 aliphatic rings. The predicted molar refractivity (Wildman–Crippen MR) is 82.9 cm³/mol. The van der Waals surface area contributed by atoms with Gasteiger partial charge in [-0.15, -0.1) is 11.8 Å². The molecule has 0 amide bonds.